The summed E-state index contributed by atoms with van der Waals surface area (Å²) in [5.41, 5.74) is 4.65. The number of aromatic nitrogens is 3. The molecule has 3 aromatic rings. The Morgan fingerprint density at radius 2 is 1.96 bits per heavy atom. The fourth-order valence-electron chi connectivity index (χ4n) is 2.87. The highest BCUT2D eigenvalue weighted by molar-refractivity contribution is 5.95. The van der Waals surface area contributed by atoms with Gasteiger partial charge in [0.25, 0.3) is 5.91 Å². The number of carbonyl (C=O) groups excluding carboxylic acids is 1. The largest absolute Gasteiger partial charge is 0.347 e. The second-order valence-corrected chi connectivity index (χ2v) is 6.21. The Morgan fingerprint density at radius 1 is 1.22 bits per heavy atom. The number of amides is 1. The topological polar surface area (TPSA) is 59.8 Å². The van der Waals surface area contributed by atoms with E-state index in [1.807, 2.05) is 30.5 Å². The van der Waals surface area contributed by atoms with E-state index in [4.69, 9.17) is 0 Å². The maximum atomic E-state index is 12.6. The van der Waals surface area contributed by atoms with E-state index in [0.29, 0.717) is 17.5 Å². The van der Waals surface area contributed by atoms with E-state index in [9.17, 15) is 4.79 Å². The van der Waals surface area contributed by atoms with Crippen LogP contribution in [0.25, 0.3) is 16.9 Å². The lowest BCUT2D eigenvalue weighted by atomic mass is 10.1. The van der Waals surface area contributed by atoms with Crippen LogP contribution >= 0.6 is 0 Å². The van der Waals surface area contributed by atoms with Crippen LogP contribution < -0.4 is 5.32 Å². The van der Waals surface area contributed by atoms with Crippen LogP contribution in [0.5, 0.6) is 0 Å². The van der Waals surface area contributed by atoms with Gasteiger partial charge in [-0.25, -0.2) is 9.97 Å². The molecule has 2 heterocycles. The van der Waals surface area contributed by atoms with Crippen LogP contribution in [0.4, 0.5) is 0 Å². The van der Waals surface area contributed by atoms with Gasteiger partial charge in [0, 0.05) is 17.9 Å². The van der Waals surface area contributed by atoms with Gasteiger partial charge in [0.1, 0.15) is 5.52 Å². The summed E-state index contributed by atoms with van der Waals surface area (Å²) in [6, 6.07) is 10.2. The van der Waals surface area contributed by atoms with Gasteiger partial charge in [0.15, 0.2) is 5.65 Å². The zero-order valence-corrected chi connectivity index (χ0v) is 13.2. The summed E-state index contributed by atoms with van der Waals surface area (Å²) in [4.78, 5) is 21.6. The van der Waals surface area contributed by atoms with Crippen LogP contribution in [0.1, 0.15) is 34.6 Å². The van der Waals surface area contributed by atoms with Crippen molar-refractivity contribution in [3.05, 3.63) is 53.5 Å². The predicted molar refractivity (Wildman–Crippen MR) is 88.8 cm³/mol. The maximum absolute atomic E-state index is 12.6. The Bertz CT molecular complexity index is 888. The van der Waals surface area contributed by atoms with E-state index < -0.39 is 0 Å². The van der Waals surface area contributed by atoms with Crippen LogP contribution in [-0.4, -0.2) is 26.5 Å². The fraction of sp³-hybridized carbons (Fsp3) is 0.278. The minimum Gasteiger partial charge on any atom is -0.347 e. The molecule has 0 bridgehead atoms. The normalized spacial score (nSPS) is 14.2. The molecule has 1 amide bonds. The second-order valence-electron chi connectivity index (χ2n) is 6.21. The Morgan fingerprint density at radius 3 is 2.65 bits per heavy atom. The Balaban J connectivity index is 1.93. The number of hydrogen-bond donors (Lipinski definition) is 1. The minimum atomic E-state index is -0.135. The van der Waals surface area contributed by atoms with E-state index in [0.717, 1.165) is 35.2 Å². The van der Waals surface area contributed by atoms with Crippen LogP contribution in [0.2, 0.25) is 0 Å². The first-order chi connectivity index (χ1) is 11.1. The summed E-state index contributed by atoms with van der Waals surface area (Å²) in [6.07, 6.45) is 3.83. The van der Waals surface area contributed by atoms with Gasteiger partial charge in [-0.3, -0.25) is 9.36 Å². The quantitative estimate of drug-likeness (QED) is 0.809. The van der Waals surface area contributed by atoms with Gasteiger partial charge in [-0.1, -0.05) is 6.07 Å². The molecule has 0 spiro atoms. The summed E-state index contributed by atoms with van der Waals surface area (Å²) in [6.45, 7) is 4.10. The van der Waals surface area contributed by atoms with Crippen molar-refractivity contribution in [2.45, 2.75) is 32.7 Å². The monoisotopic (exact) mass is 306 g/mol. The Kier molecular flexibility index (Phi) is 3.15. The van der Waals surface area contributed by atoms with Gasteiger partial charge in [0.05, 0.1) is 0 Å². The summed E-state index contributed by atoms with van der Waals surface area (Å²) < 4.78 is 1.85. The van der Waals surface area contributed by atoms with Crippen molar-refractivity contribution in [1.29, 1.82) is 0 Å². The molecule has 0 aliphatic heterocycles. The lowest BCUT2D eigenvalue weighted by Crippen LogP contribution is -2.28. The number of nitrogens with one attached hydrogen (secondary N) is 1. The van der Waals surface area contributed by atoms with Crippen LogP contribution in [0, 0.1) is 13.8 Å². The smallest absolute Gasteiger partial charge is 0.287 e. The minimum absolute atomic E-state index is 0.135. The molecule has 1 saturated carbocycles. The Hall–Kier alpha value is -2.69. The molecule has 1 N–H and O–H groups in total. The van der Waals surface area contributed by atoms with E-state index in [2.05, 4.69) is 33.5 Å². The van der Waals surface area contributed by atoms with Crippen molar-refractivity contribution < 1.29 is 4.79 Å². The molecule has 2 aromatic heterocycles. The SMILES string of the molecule is Cc1cc(C)cc(-n2c(C(=O)NC3CC3)nc3cccnc32)c1. The molecular weight excluding hydrogens is 288 g/mol. The van der Waals surface area contributed by atoms with Gasteiger partial charge in [-0.05, 0) is 62.1 Å². The highest BCUT2D eigenvalue weighted by atomic mass is 16.2. The number of fused-ring (bicyclic) bond motifs is 1. The molecule has 0 radical (unpaired) electrons. The molecule has 0 unspecified atom stereocenters. The lowest BCUT2D eigenvalue weighted by molar-refractivity contribution is 0.0939. The summed E-state index contributed by atoms with van der Waals surface area (Å²) in [7, 11) is 0. The highest BCUT2D eigenvalue weighted by Crippen LogP contribution is 2.24. The number of nitrogens with zero attached hydrogens (tertiary/aromatic N) is 3. The molecule has 5 nitrogen and oxygen atoms in total. The number of pyridine rings is 1. The molecule has 1 fully saturated rings. The molecule has 116 valence electrons. The van der Waals surface area contributed by atoms with Gasteiger partial charge in [-0.2, -0.15) is 0 Å². The highest BCUT2D eigenvalue weighted by Gasteiger charge is 2.27. The molecule has 0 saturated heterocycles. The number of benzene rings is 1. The van der Waals surface area contributed by atoms with Crippen molar-refractivity contribution in [2.24, 2.45) is 0 Å². The number of rotatable bonds is 3. The fourth-order valence-corrected chi connectivity index (χ4v) is 2.87. The molecule has 4 rings (SSSR count). The zero-order valence-electron chi connectivity index (χ0n) is 13.2. The van der Waals surface area contributed by atoms with Crippen molar-refractivity contribution in [1.82, 2.24) is 19.9 Å². The second kappa shape index (κ2) is 5.19. The third-order valence-corrected chi connectivity index (χ3v) is 4.00. The van der Waals surface area contributed by atoms with Gasteiger partial charge in [-0.15, -0.1) is 0 Å². The first-order valence-corrected chi connectivity index (χ1v) is 7.85. The Labute approximate surface area is 134 Å². The van der Waals surface area contributed by atoms with Gasteiger partial charge < -0.3 is 5.32 Å². The lowest BCUT2D eigenvalue weighted by Gasteiger charge is -2.10. The number of imidazole rings is 1. The van der Waals surface area contributed by atoms with Crippen molar-refractivity contribution in [2.75, 3.05) is 0 Å². The van der Waals surface area contributed by atoms with Crippen molar-refractivity contribution in [3.8, 4) is 5.69 Å². The predicted octanol–water partition coefficient (Wildman–Crippen LogP) is 2.93. The molecule has 5 heteroatoms. The molecule has 23 heavy (non-hydrogen) atoms. The van der Waals surface area contributed by atoms with E-state index in [1.165, 1.54) is 0 Å². The summed E-state index contributed by atoms with van der Waals surface area (Å²) in [5.74, 6) is 0.264. The third kappa shape index (κ3) is 2.59. The first-order valence-electron chi connectivity index (χ1n) is 7.85. The average Bonchev–Trinajstić information content (AvgIpc) is 3.23. The van der Waals surface area contributed by atoms with Gasteiger partial charge >= 0.3 is 0 Å². The molecule has 0 atom stereocenters. The molecule has 1 aliphatic carbocycles. The molecule has 1 aliphatic rings. The van der Waals surface area contributed by atoms with Crippen LogP contribution in [-0.2, 0) is 0 Å². The van der Waals surface area contributed by atoms with Crippen LogP contribution in [0.3, 0.4) is 0 Å². The van der Waals surface area contributed by atoms with Crippen molar-refractivity contribution in [3.63, 3.8) is 0 Å². The standard InChI is InChI=1S/C18H18N4O/c1-11-8-12(2)10-14(9-11)22-16-15(4-3-7-19-16)21-17(22)18(23)20-13-5-6-13/h3-4,7-10,13H,5-6H2,1-2H3,(H,20,23). The third-order valence-electron chi connectivity index (χ3n) is 4.00. The maximum Gasteiger partial charge on any atom is 0.287 e. The zero-order chi connectivity index (χ0) is 16.0. The van der Waals surface area contributed by atoms with Gasteiger partial charge in [0.2, 0.25) is 5.82 Å². The summed E-state index contributed by atoms with van der Waals surface area (Å²) >= 11 is 0. The number of hydrogen-bond acceptors (Lipinski definition) is 3. The van der Waals surface area contributed by atoms with Crippen molar-refractivity contribution >= 4 is 17.1 Å². The van der Waals surface area contributed by atoms with Crippen LogP contribution in [0.15, 0.2) is 36.5 Å². The van der Waals surface area contributed by atoms with E-state index in [-0.39, 0.29) is 5.91 Å². The van der Waals surface area contributed by atoms with E-state index >= 15 is 0 Å². The first kappa shape index (κ1) is 13.9. The average molecular weight is 306 g/mol. The number of aryl methyl sites for hydroxylation is 2. The number of carbonyl (C=O) groups is 1. The molecule has 1 aromatic carbocycles. The summed E-state index contributed by atoms with van der Waals surface area (Å²) in [5, 5.41) is 3.02. The molecular formula is C18H18N4O. The van der Waals surface area contributed by atoms with E-state index in [1.54, 1.807) is 6.20 Å².